The Kier molecular flexibility index (Phi) is 4.39. The van der Waals surface area contributed by atoms with Gasteiger partial charge in [-0.1, -0.05) is 25.2 Å². The minimum absolute atomic E-state index is 0.131. The molecule has 0 bridgehead atoms. The Morgan fingerprint density at radius 3 is 2.69 bits per heavy atom. The van der Waals surface area contributed by atoms with Crippen LogP contribution in [0.3, 0.4) is 0 Å². The van der Waals surface area contributed by atoms with E-state index in [0.717, 1.165) is 6.54 Å². The molecule has 0 saturated heterocycles. The maximum absolute atomic E-state index is 11.0. The van der Waals surface area contributed by atoms with E-state index in [1.165, 1.54) is 32.1 Å². The quantitative estimate of drug-likeness (QED) is 0.642. The van der Waals surface area contributed by atoms with Crippen LogP contribution in [0.5, 0.6) is 0 Å². The summed E-state index contributed by atoms with van der Waals surface area (Å²) in [5, 5.41) is 2.84. The molecule has 0 spiro atoms. The SMILES string of the molecule is CC#CC(=O)NCC1CCCCC1. The molecule has 1 aliphatic rings. The highest BCUT2D eigenvalue weighted by Crippen LogP contribution is 2.22. The molecule has 0 heterocycles. The van der Waals surface area contributed by atoms with Crippen molar-refractivity contribution < 1.29 is 4.79 Å². The summed E-state index contributed by atoms with van der Waals surface area (Å²) in [4.78, 5) is 11.0. The third-order valence-corrected chi connectivity index (χ3v) is 2.51. The molecule has 1 saturated carbocycles. The molecular formula is C11H17NO. The molecule has 0 atom stereocenters. The number of rotatable bonds is 2. The van der Waals surface area contributed by atoms with Gasteiger partial charge in [0.05, 0.1) is 0 Å². The second kappa shape index (κ2) is 5.64. The Hall–Kier alpha value is -0.970. The van der Waals surface area contributed by atoms with Crippen LogP contribution in [0, 0.1) is 17.8 Å². The number of carbonyl (C=O) groups is 1. The summed E-state index contributed by atoms with van der Waals surface area (Å²) < 4.78 is 0. The highest BCUT2D eigenvalue weighted by Gasteiger charge is 2.13. The first-order valence-electron chi connectivity index (χ1n) is 5.03. The zero-order valence-electron chi connectivity index (χ0n) is 8.23. The first-order chi connectivity index (χ1) is 6.33. The van der Waals surface area contributed by atoms with E-state index in [1.54, 1.807) is 6.92 Å². The first kappa shape index (κ1) is 10.1. The number of amides is 1. The average Bonchev–Trinajstić information content (AvgIpc) is 2.17. The molecule has 2 heteroatoms. The van der Waals surface area contributed by atoms with Crippen molar-refractivity contribution in [3.05, 3.63) is 0 Å². The summed E-state index contributed by atoms with van der Waals surface area (Å²) in [7, 11) is 0. The van der Waals surface area contributed by atoms with Crippen molar-refractivity contribution in [1.82, 2.24) is 5.32 Å². The van der Waals surface area contributed by atoms with Crippen LogP contribution in [-0.4, -0.2) is 12.5 Å². The summed E-state index contributed by atoms with van der Waals surface area (Å²) >= 11 is 0. The van der Waals surface area contributed by atoms with E-state index in [9.17, 15) is 4.79 Å². The molecule has 72 valence electrons. The maximum Gasteiger partial charge on any atom is 0.295 e. The maximum atomic E-state index is 11.0. The van der Waals surface area contributed by atoms with Crippen LogP contribution >= 0.6 is 0 Å². The minimum Gasteiger partial charge on any atom is -0.345 e. The van der Waals surface area contributed by atoms with E-state index >= 15 is 0 Å². The van der Waals surface area contributed by atoms with Crippen molar-refractivity contribution in [3.63, 3.8) is 0 Å². The molecule has 0 aromatic carbocycles. The smallest absolute Gasteiger partial charge is 0.295 e. The van der Waals surface area contributed by atoms with Gasteiger partial charge in [-0.15, -0.1) is 0 Å². The summed E-state index contributed by atoms with van der Waals surface area (Å²) in [6, 6.07) is 0. The van der Waals surface area contributed by atoms with Gasteiger partial charge in [-0.05, 0) is 31.6 Å². The molecule has 13 heavy (non-hydrogen) atoms. The van der Waals surface area contributed by atoms with Crippen molar-refractivity contribution in [2.24, 2.45) is 5.92 Å². The van der Waals surface area contributed by atoms with Crippen LogP contribution in [0.25, 0.3) is 0 Å². The molecule has 1 aliphatic carbocycles. The lowest BCUT2D eigenvalue weighted by Gasteiger charge is -2.20. The molecule has 0 aromatic heterocycles. The number of hydrogen-bond acceptors (Lipinski definition) is 1. The second-order valence-electron chi connectivity index (χ2n) is 3.59. The number of hydrogen-bond donors (Lipinski definition) is 1. The fraction of sp³-hybridized carbons (Fsp3) is 0.727. The summed E-state index contributed by atoms with van der Waals surface area (Å²) in [6.45, 7) is 2.49. The summed E-state index contributed by atoms with van der Waals surface area (Å²) in [5.74, 6) is 5.64. The fourth-order valence-corrected chi connectivity index (χ4v) is 1.79. The molecule has 0 aliphatic heterocycles. The third kappa shape index (κ3) is 3.98. The van der Waals surface area contributed by atoms with Crippen LogP contribution in [-0.2, 0) is 4.79 Å². The van der Waals surface area contributed by atoms with Crippen LogP contribution in [0.2, 0.25) is 0 Å². The highest BCUT2D eigenvalue weighted by molar-refractivity contribution is 5.93. The summed E-state index contributed by atoms with van der Waals surface area (Å²) in [6.07, 6.45) is 6.53. The van der Waals surface area contributed by atoms with Crippen LogP contribution in [0.4, 0.5) is 0 Å². The minimum atomic E-state index is -0.131. The molecule has 0 unspecified atom stereocenters. The lowest BCUT2D eigenvalue weighted by molar-refractivity contribution is -0.115. The van der Waals surface area contributed by atoms with Crippen molar-refractivity contribution in [1.29, 1.82) is 0 Å². The van der Waals surface area contributed by atoms with E-state index < -0.39 is 0 Å². The van der Waals surface area contributed by atoms with Gasteiger partial charge in [0.1, 0.15) is 0 Å². The molecule has 1 N–H and O–H groups in total. The Bertz CT molecular complexity index is 218. The second-order valence-corrected chi connectivity index (χ2v) is 3.59. The van der Waals surface area contributed by atoms with Gasteiger partial charge in [0.15, 0.2) is 0 Å². The average molecular weight is 179 g/mol. The molecule has 1 fully saturated rings. The zero-order chi connectivity index (χ0) is 9.52. The van der Waals surface area contributed by atoms with Crippen molar-refractivity contribution >= 4 is 5.91 Å². The topological polar surface area (TPSA) is 29.1 Å². The lowest BCUT2D eigenvalue weighted by Crippen LogP contribution is -2.29. The molecule has 0 radical (unpaired) electrons. The Labute approximate surface area is 80.1 Å². The zero-order valence-corrected chi connectivity index (χ0v) is 8.23. The van der Waals surface area contributed by atoms with Gasteiger partial charge < -0.3 is 5.32 Å². The van der Waals surface area contributed by atoms with E-state index in [0.29, 0.717) is 5.92 Å². The first-order valence-corrected chi connectivity index (χ1v) is 5.03. The summed E-state index contributed by atoms with van der Waals surface area (Å²) in [5.41, 5.74) is 0. The standard InChI is InChI=1S/C11H17NO/c1-2-6-11(13)12-9-10-7-4-3-5-8-10/h10H,3-5,7-9H2,1H3,(H,12,13). The monoisotopic (exact) mass is 179 g/mol. The molecule has 2 nitrogen and oxygen atoms in total. The van der Waals surface area contributed by atoms with Crippen molar-refractivity contribution in [2.75, 3.05) is 6.54 Å². The van der Waals surface area contributed by atoms with Gasteiger partial charge in [-0.2, -0.15) is 0 Å². The van der Waals surface area contributed by atoms with Gasteiger partial charge in [-0.3, -0.25) is 4.79 Å². The molecular weight excluding hydrogens is 162 g/mol. The van der Waals surface area contributed by atoms with Gasteiger partial charge in [-0.25, -0.2) is 0 Å². The van der Waals surface area contributed by atoms with Crippen LogP contribution < -0.4 is 5.32 Å². The highest BCUT2D eigenvalue weighted by atomic mass is 16.1. The normalized spacial score (nSPS) is 17.3. The van der Waals surface area contributed by atoms with Gasteiger partial charge in [0.2, 0.25) is 0 Å². The third-order valence-electron chi connectivity index (χ3n) is 2.51. The Balaban J connectivity index is 2.16. The van der Waals surface area contributed by atoms with E-state index in [4.69, 9.17) is 0 Å². The lowest BCUT2D eigenvalue weighted by atomic mass is 9.89. The number of nitrogens with one attached hydrogen (secondary N) is 1. The Morgan fingerprint density at radius 2 is 2.08 bits per heavy atom. The van der Waals surface area contributed by atoms with E-state index in [-0.39, 0.29) is 5.91 Å². The number of carbonyl (C=O) groups excluding carboxylic acids is 1. The van der Waals surface area contributed by atoms with Crippen molar-refractivity contribution in [3.8, 4) is 11.8 Å². The van der Waals surface area contributed by atoms with Crippen LogP contribution in [0.15, 0.2) is 0 Å². The van der Waals surface area contributed by atoms with Gasteiger partial charge in [0, 0.05) is 6.54 Å². The molecule has 0 aromatic rings. The fourth-order valence-electron chi connectivity index (χ4n) is 1.79. The van der Waals surface area contributed by atoms with E-state index in [2.05, 4.69) is 17.2 Å². The van der Waals surface area contributed by atoms with E-state index in [1.807, 2.05) is 0 Å². The van der Waals surface area contributed by atoms with Crippen LogP contribution in [0.1, 0.15) is 39.0 Å². The van der Waals surface area contributed by atoms with Gasteiger partial charge >= 0.3 is 0 Å². The van der Waals surface area contributed by atoms with Gasteiger partial charge in [0.25, 0.3) is 5.91 Å². The molecule has 1 rings (SSSR count). The Morgan fingerprint density at radius 1 is 1.38 bits per heavy atom. The van der Waals surface area contributed by atoms with Crippen molar-refractivity contribution in [2.45, 2.75) is 39.0 Å². The molecule has 1 amide bonds. The predicted octanol–water partition coefficient (Wildman–Crippen LogP) is 1.71. The largest absolute Gasteiger partial charge is 0.345 e. The predicted molar refractivity (Wildman–Crippen MR) is 53.0 cm³/mol.